The van der Waals surface area contributed by atoms with Crippen molar-refractivity contribution < 1.29 is 0 Å². The van der Waals surface area contributed by atoms with E-state index in [1.54, 1.807) is 18.2 Å². The smallest absolute Gasteiger partial charge is 0.0355 e. The summed E-state index contributed by atoms with van der Waals surface area (Å²) in [5, 5.41) is 3.92. The van der Waals surface area contributed by atoms with Gasteiger partial charge in [-0.25, -0.2) is 4.40 Å². The highest BCUT2D eigenvalue weighted by atomic mass is 32.2. The SMILES string of the molecule is C1=CC=NSC=C1.C1=CNSC=C1. The maximum Gasteiger partial charge on any atom is 0.0355 e. The van der Waals surface area contributed by atoms with Crippen LogP contribution in [0.2, 0.25) is 0 Å². The Morgan fingerprint density at radius 3 is 2.46 bits per heavy atom. The van der Waals surface area contributed by atoms with Crippen molar-refractivity contribution in [1.29, 1.82) is 0 Å². The van der Waals surface area contributed by atoms with Gasteiger partial charge >= 0.3 is 0 Å². The van der Waals surface area contributed by atoms with Crippen LogP contribution < -0.4 is 4.72 Å². The fraction of sp³-hybridized carbons (Fsp3) is 0. The first kappa shape index (κ1) is 10.2. The summed E-state index contributed by atoms with van der Waals surface area (Å²) in [5.74, 6) is 0. The van der Waals surface area contributed by atoms with E-state index < -0.39 is 0 Å². The van der Waals surface area contributed by atoms with Crippen LogP contribution >= 0.6 is 23.9 Å². The normalized spacial score (nSPS) is 17.2. The zero-order valence-corrected chi connectivity index (χ0v) is 8.59. The molecule has 0 aromatic rings. The zero-order chi connectivity index (χ0) is 9.19. The molecule has 0 atom stereocenters. The Balaban J connectivity index is 0.000000132. The minimum Gasteiger partial charge on any atom is -0.333 e. The van der Waals surface area contributed by atoms with Crippen LogP contribution in [-0.2, 0) is 0 Å². The van der Waals surface area contributed by atoms with Crippen LogP contribution in [0.1, 0.15) is 0 Å². The second kappa shape index (κ2) is 7.76. The summed E-state index contributed by atoms with van der Waals surface area (Å²) in [5.41, 5.74) is 0. The first-order valence-electron chi connectivity index (χ1n) is 3.74. The lowest BCUT2D eigenvalue weighted by Crippen LogP contribution is -1.88. The Labute approximate surface area is 86.9 Å². The highest BCUT2D eigenvalue weighted by Gasteiger charge is 1.74. The monoisotopic (exact) mass is 210 g/mol. The average molecular weight is 210 g/mol. The van der Waals surface area contributed by atoms with Gasteiger partial charge < -0.3 is 4.72 Å². The van der Waals surface area contributed by atoms with Gasteiger partial charge in [-0.2, -0.15) is 0 Å². The molecule has 0 radical (unpaired) electrons. The average Bonchev–Trinajstić information content (AvgIpc) is 2.53. The summed E-state index contributed by atoms with van der Waals surface area (Å²) in [4.78, 5) is 0. The van der Waals surface area contributed by atoms with E-state index in [1.165, 1.54) is 11.9 Å². The number of hydrogen-bond acceptors (Lipinski definition) is 4. The van der Waals surface area contributed by atoms with Gasteiger partial charge in [0, 0.05) is 24.4 Å². The van der Waals surface area contributed by atoms with Crippen LogP contribution in [0.15, 0.2) is 51.8 Å². The first-order valence-corrected chi connectivity index (χ1v) is 5.45. The minimum absolute atomic E-state index is 1.44. The molecule has 13 heavy (non-hydrogen) atoms. The Hall–Kier alpha value is -0.870. The zero-order valence-electron chi connectivity index (χ0n) is 6.96. The van der Waals surface area contributed by atoms with Crippen LogP contribution in [0.4, 0.5) is 0 Å². The summed E-state index contributed by atoms with van der Waals surface area (Å²) in [7, 11) is 0. The van der Waals surface area contributed by atoms with Gasteiger partial charge in [-0.3, -0.25) is 0 Å². The third-order valence-electron chi connectivity index (χ3n) is 1.06. The molecule has 0 bridgehead atoms. The van der Waals surface area contributed by atoms with Crippen molar-refractivity contribution >= 4 is 30.1 Å². The maximum absolute atomic E-state index is 3.89. The molecule has 0 unspecified atom stereocenters. The van der Waals surface area contributed by atoms with Crippen LogP contribution in [0.5, 0.6) is 0 Å². The van der Waals surface area contributed by atoms with E-state index in [9.17, 15) is 0 Å². The lowest BCUT2D eigenvalue weighted by molar-refractivity contribution is 1.42. The number of allylic oxidation sites excluding steroid dienone is 5. The molecule has 2 heterocycles. The Kier molecular flexibility index (Phi) is 6.10. The van der Waals surface area contributed by atoms with Gasteiger partial charge in [0.15, 0.2) is 0 Å². The van der Waals surface area contributed by atoms with E-state index in [-0.39, 0.29) is 0 Å². The second-order valence-corrected chi connectivity index (χ2v) is 3.43. The van der Waals surface area contributed by atoms with Crippen molar-refractivity contribution in [2.24, 2.45) is 4.40 Å². The molecule has 0 fully saturated rings. The van der Waals surface area contributed by atoms with Gasteiger partial charge in [0.05, 0.1) is 0 Å². The largest absolute Gasteiger partial charge is 0.333 e. The Bertz CT molecular complexity index is 239. The quantitative estimate of drug-likeness (QED) is 0.622. The second-order valence-electron chi connectivity index (χ2n) is 2.00. The Morgan fingerprint density at radius 2 is 1.85 bits per heavy atom. The van der Waals surface area contributed by atoms with Crippen LogP contribution in [0.3, 0.4) is 0 Å². The van der Waals surface area contributed by atoms with Crippen molar-refractivity contribution in [3.8, 4) is 0 Å². The summed E-state index contributed by atoms with van der Waals surface area (Å²) in [6, 6.07) is 0. The van der Waals surface area contributed by atoms with Crippen molar-refractivity contribution in [2.45, 2.75) is 0 Å². The molecule has 0 saturated heterocycles. The van der Waals surface area contributed by atoms with Crippen molar-refractivity contribution in [3.05, 3.63) is 47.4 Å². The number of nitrogens with zero attached hydrogens (tertiary/aromatic N) is 1. The van der Waals surface area contributed by atoms with Crippen molar-refractivity contribution in [3.63, 3.8) is 0 Å². The first-order chi connectivity index (χ1) is 6.50. The van der Waals surface area contributed by atoms with E-state index in [2.05, 4.69) is 9.12 Å². The molecule has 2 rings (SSSR count). The van der Waals surface area contributed by atoms with Gasteiger partial charge in [-0.1, -0.05) is 18.2 Å². The van der Waals surface area contributed by atoms with E-state index >= 15 is 0 Å². The molecule has 0 spiro atoms. The molecule has 0 aromatic heterocycles. The molecule has 1 N–H and O–H groups in total. The fourth-order valence-electron chi connectivity index (χ4n) is 0.558. The van der Waals surface area contributed by atoms with E-state index in [0.29, 0.717) is 0 Å². The van der Waals surface area contributed by atoms with Gasteiger partial charge in [-0.05, 0) is 34.9 Å². The number of hydrogen-bond donors (Lipinski definition) is 1. The van der Waals surface area contributed by atoms with Crippen LogP contribution in [0, 0.1) is 0 Å². The third kappa shape index (κ3) is 6.31. The molecule has 4 heteroatoms. The number of nitrogens with one attached hydrogen (secondary N) is 1. The summed E-state index contributed by atoms with van der Waals surface area (Å²) >= 11 is 3.02. The molecule has 2 aliphatic rings. The third-order valence-corrected chi connectivity index (χ3v) is 2.15. The molecule has 0 amide bonds. The van der Waals surface area contributed by atoms with E-state index in [0.717, 1.165) is 0 Å². The molecule has 0 aliphatic carbocycles. The topological polar surface area (TPSA) is 24.4 Å². The van der Waals surface area contributed by atoms with Gasteiger partial charge in [0.2, 0.25) is 0 Å². The molecular weight excluding hydrogens is 200 g/mol. The van der Waals surface area contributed by atoms with Gasteiger partial charge in [0.1, 0.15) is 0 Å². The predicted molar refractivity (Wildman–Crippen MR) is 63.4 cm³/mol. The minimum atomic E-state index is 1.44. The summed E-state index contributed by atoms with van der Waals surface area (Å²) in [6.45, 7) is 0. The molecule has 68 valence electrons. The Morgan fingerprint density at radius 1 is 0.923 bits per heavy atom. The lowest BCUT2D eigenvalue weighted by atomic mass is 10.5. The summed E-state index contributed by atoms with van der Waals surface area (Å²) in [6.07, 6.45) is 13.4. The molecule has 0 saturated carbocycles. The predicted octanol–water partition coefficient (Wildman–Crippen LogP) is 3.05. The van der Waals surface area contributed by atoms with Crippen molar-refractivity contribution in [1.82, 2.24) is 4.72 Å². The van der Waals surface area contributed by atoms with E-state index in [4.69, 9.17) is 0 Å². The highest BCUT2D eigenvalue weighted by molar-refractivity contribution is 8.01. The highest BCUT2D eigenvalue weighted by Crippen LogP contribution is 2.03. The van der Waals surface area contributed by atoms with E-state index in [1.807, 2.05) is 47.4 Å². The lowest BCUT2D eigenvalue weighted by Gasteiger charge is -1.93. The van der Waals surface area contributed by atoms with Gasteiger partial charge in [0.25, 0.3) is 0 Å². The standard InChI is InChI=1S/C5H5NS.C4H5NS/c1-2-4-6-7-5-3-1;1-2-4-6-5-3-1/h1-5H;1-5H. The summed E-state index contributed by atoms with van der Waals surface area (Å²) < 4.78 is 6.82. The molecule has 2 nitrogen and oxygen atoms in total. The molecular formula is C9H10N2S2. The molecule has 0 aromatic carbocycles. The van der Waals surface area contributed by atoms with Crippen molar-refractivity contribution in [2.75, 3.05) is 0 Å². The molecule has 2 aliphatic heterocycles. The van der Waals surface area contributed by atoms with Crippen LogP contribution in [0.25, 0.3) is 0 Å². The van der Waals surface area contributed by atoms with Gasteiger partial charge in [-0.15, -0.1) is 0 Å². The number of rotatable bonds is 0. The fourth-order valence-corrected chi connectivity index (χ4v) is 1.33. The van der Waals surface area contributed by atoms with Crippen LogP contribution in [-0.4, -0.2) is 6.21 Å². The maximum atomic E-state index is 3.89.